The molecule has 2 unspecified atom stereocenters. The summed E-state index contributed by atoms with van der Waals surface area (Å²) < 4.78 is 6.50. The van der Waals surface area contributed by atoms with E-state index in [1.165, 1.54) is 4.90 Å². The number of nitrogens with zero attached hydrogens (tertiary/aromatic N) is 1. The molecule has 8 nitrogen and oxygen atoms in total. The third-order valence-corrected chi connectivity index (χ3v) is 7.20. The predicted octanol–water partition coefficient (Wildman–Crippen LogP) is 0.965. The van der Waals surface area contributed by atoms with Gasteiger partial charge in [0.05, 0.1) is 30.1 Å². The van der Waals surface area contributed by atoms with Crippen LogP contribution in [-0.2, 0) is 19.1 Å². The summed E-state index contributed by atoms with van der Waals surface area (Å²) >= 11 is 0. The van der Waals surface area contributed by atoms with E-state index in [1.54, 1.807) is 0 Å². The molecule has 2 bridgehead atoms. The molecule has 8 heteroatoms. The van der Waals surface area contributed by atoms with Gasteiger partial charge in [0.15, 0.2) is 0 Å². The second-order valence-electron chi connectivity index (χ2n) is 9.15. The third-order valence-electron chi connectivity index (χ3n) is 7.20. The zero-order valence-electron chi connectivity index (χ0n) is 18.7. The highest BCUT2D eigenvalue weighted by molar-refractivity contribution is 5.99. The molecule has 0 saturated carbocycles. The number of ether oxygens (including phenoxy) is 1. The maximum absolute atomic E-state index is 13.7. The molecule has 1 spiro atoms. The van der Waals surface area contributed by atoms with Crippen LogP contribution in [0.1, 0.15) is 66.2 Å². The summed E-state index contributed by atoms with van der Waals surface area (Å²) in [4.78, 5) is 41.6. The van der Waals surface area contributed by atoms with Crippen LogP contribution in [0, 0.1) is 11.8 Å². The van der Waals surface area contributed by atoms with Gasteiger partial charge in [0.1, 0.15) is 11.6 Å². The van der Waals surface area contributed by atoms with Crippen LogP contribution < -0.4 is 10.6 Å². The second-order valence-corrected chi connectivity index (χ2v) is 9.15. The van der Waals surface area contributed by atoms with Gasteiger partial charge in [-0.2, -0.15) is 0 Å². The van der Waals surface area contributed by atoms with Crippen LogP contribution in [0.3, 0.4) is 0 Å². The summed E-state index contributed by atoms with van der Waals surface area (Å²) in [6.07, 6.45) is 4.31. The van der Waals surface area contributed by atoms with E-state index in [4.69, 9.17) is 4.74 Å². The topological polar surface area (TPSA) is 108 Å². The summed E-state index contributed by atoms with van der Waals surface area (Å²) in [6, 6.07) is -1.30. The Kier molecular flexibility index (Phi) is 6.77. The molecule has 0 aromatic heterocycles. The van der Waals surface area contributed by atoms with E-state index >= 15 is 0 Å². The number of aliphatic hydroxyl groups excluding tert-OH is 1. The highest BCUT2D eigenvalue weighted by atomic mass is 16.5. The van der Waals surface area contributed by atoms with Crippen LogP contribution in [0.25, 0.3) is 0 Å². The lowest BCUT2D eigenvalue weighted by atomic mass is 9.66. The SMILES string of the molecule is CCCCNC(=O)C1N([C@@H](CC)CO)C(=O)[C@@H]2[C@@H](C(=O)NCCC)[C@@]3(C)CCC12O3. The Balaban J connectivity index is 2.00. The average molecular weight is 424 g/mol. The Labute approximate surface area is 179 Å². The van der Waals surface area contributed by atoms with Crippen LogP contribution in [-0.4, -0.2) is 70.7 Å². The van der Waals surface area contributed by atoms with Gasteiger partial charge in [0.2, 0.25) is 17.7 Å². The van der Waals surface area contributed by atoms with E-state index < -0.39 is 35.1 Å². The van der Waals surface area contributed by atoms with Crippen molar-refractivity contribution in [1.29, 1.82) is 0 Å². The lowest BCUT2D eigenvalue weighted by Gasteiger charge is -2.36. The molecule has 3 saturated heterocycles. The molecule has 6 atom stereocenters. The first-order chi connectivity index (χ1) is 14.3. The zero-order valence-corrected chi connectivity index (χ0v) is 18.7. The first-order valence-corrected chi connectivity index (χ1v) is 11.5. The molecule has 3 amide bonds. The Morgan fingerprint density at radius 3 is 2.47 bits per heavy atom. The lowest BCUT2D eigenvalue weighted by Crippen LogP contribution is -2.58. The summed E-state index contributed by atoms with van der Waals surface area (Å²) in [5.74, 6) is -1.99. The van der Waals surface area contributed by atoms with Gasteiger partial charge in [-0.25, -0.2) is 0 Å². The third kappa shape index (κ3) is 3.42. The van der Waals surface area contributed by atoms with E-state index in [-0.39, 0.29) is 24.3 Å². The van der Waals surface area contributed by atoms with Crippen LogP contribution in [0.15, 0.2) is 0 Å². The van der Waals surface area contributed by atoms with Gasteiger partial charge >= 0.3 is 0 Å². The van der Waals surface area contributed by atoms with Crippen molar-refractivity contribution in [3.8, 4) is 0 Å². The van der Waals surface area contributed by atoms with Crippen LogP contribution in [0.5, 0.6) is 0 Å². The van der Waals surface area contributed by atoms with E-state index in [0.29, 0.717) is 32.4 Å². The number of hydrogen-bond donors (Lipinski definition) is 3. The van der Waals surface area contributed by atoms with Gasteiger partial charge in [0.25, 0.3) is 0 Å². The molecule has 3 N–H and O–H groups in total. The number of likely N-dealkylation sites (tertiary alicyclic amines) is 1. The number of unbranched alkanes of at least 4 members (excludes halogenated alkanes) is 1. The summed E-state index contributed by atoms with van der Waals surface area (Å²) in [6.45, 7) is 8.65. The fraction of sp³-hybridized carbons (Fsp3) is 0.864. The highest BCUT2D eigenvalue weighted by Crippen LogP contribution is 2.63. The summed E-state index contributed by atoms with van der Waals surface area (Å²) in [5.41, 5.74) is -1.77. The van der Waals surface area contributed by atoms with Crippen molar-refractivity contribution in [2.45, 2.75) is 89.5 Å². The standard InChI is InChI=1S/C22H37N3O5/c1-5-8-12-24-19(28)17-22-10-9-21(4,30-22)15(18(27)23-11-6-2)16(22)20(29)25(17)14(7-3)13-26/h14-17,26H,5-13H2,1-4H3,(H,23,27)(H,24,28)/t14-,15-,16-,17?,21+,22?/m0/s1. The van der Waals surface area contributed by atoms with Crippen molar-refractivity contribution in [2.24, 2.45) is 11.8 Å². The molecule has 3 aliphatic rings. The molecule has 0 aromatic rings. The van der Waals surface area contributed by atoms with E-state index in [2.05, 4.69) is 10.6 Å². The van der Waals surface area contributed by atoms with Crippen molar-refractivity contribution in [1.82, 2.24) is 15.5 Å². The highest BCUT2D eigenvalue weighted by Gasteiger charge is 2.78. The molecule has 3 fully saturated rings. The first kappa shape index (κ1) is 23.0. The number of amides is 3. The number of hydrogen-bond acceptors (Lipinski definition) is 5. The molecule has 0 aromatic carbocycles. The molecule has 0 aliphatic carbocycles. The minimum atomic E-state index is -1.01. The van der Waals surface area contributed by atoms with Crippen molar-refractivity contribution in [3.63, 3.8) is 0 Å². The number of fused-ring (bicyclic) bond motifs is 1. The van der Waals surface area contributed by atoms with Crippen molar-refractivity contribution >= 4 is 17.7 Å². The predicted molar refractivity (Wildman–Crippen MR) is 111 cm³/mol. The van der Waals surface area contributed by atoms with Gasteiger partial charge in [-0.1, -0.05) is 27.2 Å². The van der Waals surface area contributed by atoms with Crippen molar-refractivity contribution in [3.05, 3.63) is 0 Å². The monoisotopic (exact) mass is 423 g/mol. The summed E-state index contributed by atoms with van der Waals surface area (Å²) in [5, 5.41) is 15.8. The quantitative estimate of drug-likeness (QED) is 0.454. The molecule has 30 heavy (non-hydrogen) atoms. The fourth-order valence-electron chi connectivity index (χ4n) is 5.71. The maximum Gasteiger partial charge on any atom is 0.245 e. The second kappa shape index (κ2) is 8.83. The van der Waals surface area contributed by atoms with Crippen LogP contribution in [0.4, 0.5) is 0 Å². The van der Waals surface area contributed by atoms with Gasteiger partial charge in [-0.15, -0.1) is 0 Å². The smallest absolute Gasteiger partial charge is 0.245 e. The van der Waals surface area contributed by atoms with Crippen LogP contribution >= 0.6 is 0 Å². The number of carbonyl (C=O) groups excluding carboxylic acids is 3. The van der Waals surface area contributed by atoms with Gasteiger partial charge in [0, 0.05) is 13.1 Å². The minimum Gasteiger partial charge on any atom is -0.394 e. The van der Waals surface area contributed by atoms with Crippen molar-refractivity contribution in [2.75, 3.05) is 19.7 Å². The number of rotatable bonds is 10. The Morgan fingerprint density at radius 1 is 1.17 bits per heavy atom. The Hall–Kier alpha value is -1.67. The zero-order chi connectivity index (χ0) is 22.1. The largest absolute Gasteiger partial charge is 0.394 e. The first-order valence-electron chi connectivity index (χ1n) is 11.5. The lowest BCUT2D eigenvalue weighted by molar-refractivity contribution is -0.149. The van der Waals surface area contributed by atoms with E-state index in [9.17, 15) is 19.5 Å². The summed E-state index contributed by atoms with van der Waals surface area (Å²) in [7, 11) is 0. The Morgan fingerprint density at radius 2 is 1.87 bits per heavy atom. The van der Waals surface area contributed by atoms with E-state index in [0.717, 1.165) is 19.3 Å². The minimum absolute atomic E-state index is 0.177. The van der Waals surface area contributed by atoms with E-state index in [1.807, 2.05) is 27.7 Å². The molecule has 3 rings (SSSR count). The number of aliphatic hydroxyl groups is 1. The van der Waals surface area contributed by atoms with Gasteiger partial charge in [-0.05, 0) is 39.0 Å². The number of carbonyl (C=O) groups is 3. The molecular weight excluding hydrogens is 386 g/mol. The number of nitrogens with one attached hydrogen (secondary N) is 2. The fourth-order valence-corrected chi connectivity index (χ4v) is 5.71. The van der Waals surface area contributed by atoms with Crippen molar-refractivity contribution < 1.29 is 24.2 Å². The van der Waals surface area contributed by atoms with Gasteiger partial charge < -0.3 is 25.4 Å². The normalized spacial score (nSPS) is 35.4. The average Bonchev–Trinajstić information content (AvgIpc) is 3.29. The molecule has 0 radical (unpaired) electrons. The molecule has 3 heterocycles. The van der Waals surface area contributed by atoms with Gasteiger partial charge in [-0.3, -0.25) is 14.4 Å². The molecule has 3 aliphatic heterocycles. The molecular formula is C22H37N3O5. The maximum atomic E-state index is 13.7. The molecule has 170 valence electrons. The van der Waals surface area contributed by atoms with Crippen LogP contribution in [0.2, 0.25) is 0 Å². The Bertz CT molecular complexity index is 682.